The highest BCUT2D eigenvalue weighted by atomic mass is 16.3. The van der Waals surface area contributed by atoms with Crippen LogP contribution in [0.25, 0.3) is 11.0 Å². The maximum Gasteiger partial charge on any atom is 0.292 e. The van der Waals surface area contributed by atoms with Crippen LogP contribution in [0.5, 0.6) is 0 Å². The summed E-state index contributed by atoms with van der Waals surface area (Å²) in [7, 11) is 1.65. The number of rotatable bonds is 7. The zero-order valence-corrected chi connectivity index (χ0v) is 18.4. The molecule has 0 bridgehead atoms. The highest BCUT2D eigenvalue weighted by molar-refractivity contribution is 6.02. The molecule has 0 aliphatic rings. The quantitative estimate of drug-likeness (QED) is 0.391. The molecule has 170 valence electrons. The zero-order valence-electron chi connectivity index (χ0n) is 18.4. The monoisotopic (exact) mass is 454 g/mol. The van der Waals surface area contributed by atoms with Gasteiger partial charge in [0.05, 0.1) is 23.8 Å². The van der Waals surface area contributed by atoms with Crippen LogP contribution in [0.2, 0.25) is 0 Å². The Morgan fingerprint density at radius 3 is 2.56 bits per heavy atom. The molecular formula is C25H22N6O3. The summed E-state index contributed by atoms with van der Waals surface area (Å²) >= 11 is 0. The third-order valence-corrected chi connectivity index (χ3v) is 5.42. The number of imidazole rings is 1. The van der Waals surface area contributed by atoms with E-state index in [1.807, 2.05) is 42.5 Å². The molecule has 0 atom stereocenters. The zero-order chi connectivity index (χ0) is 23.5. The number of para-hydroxylation sites is 2. The molecule has 0 spiro atoms. The van der Waals surface area contributed by atoms with E-state index in [4.69, 9.17) is 9.40 Å². The Kier molecular flexibility index (Phi) is 5.65. The van der Waals surface area contributed by atoms with E-state index in [1.54, 1.807) is 19.2 Å². The van der Waals surface area contributed by atoms with Crippen LogP contribution in [0.4, 0.5) is 5.82 Å². The smallest absolute Gasteiger partial charge is 0.292 e. The first-order valence-corrected chi connectivity index (χ1v) is 10.7. The fourth-order valence-electron chi connectivity index (χ4n) is 3.73. The number of fused-ring (bicyclic) bond motifs is 1. The minimum atomic E-state index is -0.422. The second-order valence-electron chi connectivity index (χ2n) is 7.74. The van der Waals surface area contributed by atoms with Crippen molar-refractivity contribution in [3.05, 3.63) is 102 Å². The summed E-state index contributed by atoms with van der Waals surface area (Å²) in [4.78, 5) is 29.8. The van der Waals surface area contributed by atoms with Gasteiger partial charge in [-0.1, -0.05) is 42.5 Å². The van der Waals surface area contributed by atoms with Gasteiger partial charge in [-0.25, -0.2) is 4.98 Å². The lowest BCUT2D eigenvalue weighted by Gasteiger charge is -2.10. The Balaban J connectivity index is 1.32. The first-order chi connectivity index (χ1) is 16.6. The lowest BCUT2D eigenvalue weighted by Crippen LogP contribution is -2.25. The average molecular weight is 454 g/mol. The van der Waals surface area contributed by atoms with E-state index in [2.05, 4.69) is 32.4 Å². The number of nitrogens with one attached hydrogen (secondary N) is 2. The van der Waals surface area contributed by atoms with Crippen LogP contribution < -0.4 is 10.6 Å². The molecule has 2 aromatic carbocycles. The number of benzene rings is 2. The minimum absolute atomic E-state index is 0.171. The summed E-state index contributed by atoms with van der Waals surface area (Å²) < 4.78 is 8.62. The number of anilines is 1. The van der Waals surface area contributed by atoms with Crippen molar-refractivity contribution in [3.63, 3.8) is 0 Å². The van der Waals surface area contributed by atoms with Crippen LogP contribution in [0.15, 0.2) is 83.5 Å². The van der Waals surface area contributed by atoms with Crippen molar-refractivity contribution >= 4 is 28.7 Å². The molecule has 9 nitrogen and oxygen atoms in total. The molecule has 0 unspecified atom stereocenters. The van der Waals surface area contributed by atoms with Gasteiger partial charge >= 0.3 is 0 Å². The molecule has 0 aliphatic heterocycles. The third-order valence-electron chi connectivity index (χ3n) is 5.42. The molecule has 5 aromatic rings. The fourth-order valence-corrected chi connectivity index (χ4v) is 3.73. The molecule has 0 radical (unpaired) electrons. The number of hydrogen-bond acceptors (Lipinski definition) is 5. The number of carbonyl (C=O) groups is 2. The van der Waals surface area contributed by atoms with Crippen molar-refractivity contribution in [1.82, 2.24) is 24.6 Å². The van der Waals surface area contributed by atoms with E-state index >= 15 is 0 Å². The molecule has 3 aromatic heterocycles. The molecule has 2 amide bonds. The van der Waals surface area contributed by atoms with Crippen LogP contribution in [-0.2, 0) is 20.1 Å². The molecule has 34 heavy (non-hydrogen) atoms. The van der Waals surface area contributed by atoms with E-state index in [1.165, 1.54) is 17.0 Å². The van der Waals surface area contributed by atoms with Gasteiger partial charge in [-0.05, 0) is 29.8 Å². The van der Waals surface area contributed by atoms with Gasteiger partial charge in [0, 0.05) is 19.7 Å². The molecular weight excluding hydrogens is 432 g/mol. The van der Waals surface area contributed by atoms with Crippen LogP contribution >= 0.6 is 0 Å². The summed E-state index contributed by atoms with van der Waals surface area (Å²) in [5.74, 6) is 0.495. The van der Waals surface area contributed by atoms with Gasteiger partial charge in [0.15, 0.2) is 11.5 Å². The van der Waals surface area contributed by atoms with Gasteiger partial charge in [0.25, 0.3) is 11.8 Å². The van der Waals surface area contributed by atoms with Gasteiger partial charge < -0.3 is 19.6 Å². The van der Waals surface area contributed by atoms with Gasteiger partial charge in [0.1, 0.15) is 11.6 Å². The van der Waals surface area contributed by atoms with Crippen LogP contribution in [0, 0.1) is 0 Å². The Hall–Kier alpha value is -4.66. The summed E-state index contributed by atoms with van der Waals surface area (Å²) in [6, 6.07) is 22.7. The van der Waals surface area contributed by atoms with Crippen molar-refractivity contribution in [2.24, 2.45) is 7.05 Å². The van der Waals surface area contributed by atoms with Crippen LogP contribution in [0.1, 0.15) is 32.4 Å². The van der Waals surface area contributed by atoms with Crippen LogP contribution in [0.3, 0.4) is 0 Å². The number of carbonyl (C=O) groups excluding carboxylic acids is 2. The number of aryl methyl sites for hydroxylation is 1. The highest BCUT2D eigenvalue weighted by Gasteiger charge is 2.18. The molecule has 0 aliphatic carbocycles. The van der Waals surface area contributed by atoms with Gasteiger partial charge in [-0.3, -0.25) is 14.3 Å². The Morgan fingerprint density at radius 1 is 0.971 bits per heavy atom. The first-order valence-electron chi connectivity index (χ1n) is 10.7. The van der Waals surface area contributed by atoms with Crippen molar-refractivity contribution in [1.29, 1.82) is 0 Å². The Morgan fingerprint density at radius 2 is 1.76 bits per heavy atom. The normalized spacial score (nSPS) is 11.0. The predicted molar refractivity (Wildman–Crippen MR) is 126 cm³/mol. The largest absolute Gasteiger partial charge is 0.459 e. The van der Waals surface area contributed by atoms with Crippen LogP contribution in [-0.4, -0.2) is 31.1 Å². The first kappa shape index (κ1) is 21.2. The standard InChI is InChI=1S/C25H22N6O3/c1-30-22(28-25(33)21-12-7-13-34-21)14-19(29-30)24(32)26-15-23-27-18-10-5-6-11-20(18)31(23)16-17-8-3-2-4-9-17/h2-14H,15-16H2,1H3,(H,26,32)(H,28,33). The average Bonchev–Trinajstić information content (AvgIpc) is 3.59. The second-order valence-corrected chi connectivity index (χ2v) is 7.74. The topological polar surface area (TPSA) is 107 Å². The number of aromatic nitrogens is 4. The Labute approximate surface area is 195 Å². The van der Waals surface area contributed by atoms with Gasteiger partial charge in [0.2, 0.25) is 0 Å². The number of furan rings is 1. The van der Waals surface area contributed by atoms with E-state index in [0.29, 0.717) is 12.4 Å². The molecule has 3 heterocycles. The highest BCUT2D eigenvalue weighted by Crippen LogP contribution is 2.18. The van der Waals surface area contributed by atoms with E-state index in [0.717, 1.165) is 22.4 Å². The van der Waals surface area contributed by atoms with E-state index < -0.39 is 5.91 Å². The molecule has 0 saturated heterocycles. The van der Waals surface area contributed by atoms with E-state index in [-0.39, 0.29) is 23.9 Å². The molecule has 5 rings (SSSR count). The maximum absolute atomic E-state index is 12.8. The summed E-state index contributed by atoms with van der Waals surface area (Å²) in [5.41, 5.74) is 3.18. The van der Waals surface area contributed by atoms with Gasteiger partial charge in [-0.15, -0.1) is 0 Å². The van der Waals surface area contributed by atoms with Crippen molar-refractivity contribution in [3.8, 4) is 0 Å². The lowest BCUT2D eigenvalue weighted by atomic mass is 10.2. The molecule has 0 fully saturated rings. The van der Waals surface area contributed by atoms with E-state index in [9.17, 15) is 9.59 Å². The predicted octanol–water partition coefficient (Wildman–Crippen LogP) is 3.59. The van der Waals surface area contributed by atoms with Crippen molar-refractivity contribution < 1.29 is 14.0 Å². The van der Waals surface area contributed by atoms with Crippen molar-refractivity contribution in [2.45, 2.75) is 13.1 Å². The summed E-state index contributed by atoms with van der Waals surface area (Å²) in [5, 5.41) is 9.80. The number of nitrogens with zero attached hydrogens (tertiary/aromatic N) is 4. The molecule has 9 heteroatoms. The molecule has 2 N–H and O–H groups in total. The number of amides is 2. The summed E-state index contributed by atoms with van der Waals surface area (Å²) in [6.45, 7) is 0.865. The van der Waals surface area contributed by atoms with Crippen molar-refractivity contribution in [2.75, 3.05) is 5.32 Å². The number of hydrogen-bond donors (Lipinski definition) is 2. The third kappa shape index (κ3) is 4.31. The fraction of sp³-hybridized carbons (Fsp3) is 0.120. The minimum Gasteiger partial charge on any atom is -0.459 e. The maximum atomic E-state index is 12.8. The summed E-state index contributed by atoms with van der Waals surface area (Å²) in [6.07, 6.45) is 1.42. The Bertz CT molecular complexity index is 1450. The lowest BCUT2D eigenvalue weighted by molar-refractivity contribution is 0.0942. The SMILES string of the molecule is Cn1nc(C(=O)NCc2nc3ccccc3n2Cc2ccccc2)cc1NC(=O)c1ccco1. The second kappa shape index (κ2) is 9.07. The van der Waals surface area contributed by atoms with Gasteiger partial charge in [-0.2, -0.15) is 5.10 Å². The molecule has 0 saturated carbocycles.